The van der Waals surface area contributed by atoms with Gasteiger partial charge in [-0.3, -0.25) is 4.68 Å². The summed E-state index contributed by atoms with van der Waals surface area (Å²) >= 11 is 5.68. The van der Waals surface area contributed by atoms with Crippen LogP contribution in [0.4, 0.5) is 4.39 Å². The van der Waals surface area contributed by atoms with E-state index < -0.39 is 11.9 Å². The zero-order valence-corrected chi connectivity index (χ0v) is 10.7. The Balaban J connectivity index is 2.13. The van der Waals surface area contributed by atoms with Crippen molar-refractivity contribution < 1.29 is 9.50 Å². The Morgan fingerprint density at radius 2 is 2.28 bits per heavy atom. The van der Waals surface area contributed by atoms with Crippen LogP contribution in [0.3, 0.4) is 0 Å². The average Bonchev–Trinajstić information content (AvgIpc) is 2.81. The molecule has 96 valence electrons. The van der Waals surface area contributed by atoms with Crippen molar-refractivity contribution in [3.05, 3.63) is 52.6 Å². The molecule has 0 saturated heterocycles. The van der Waals surface area contributed by atoms with Gasteiger partial charge in [0.05, 0.1) is 12.3 Å². The van der Waals surface area contributed by atoms with Gasteiger partial charge in [0.15, 0.2) is 0 Å². The van der Waals surface area contributed by atoms with E-state index in [-0.39, 0.29) is 6.42 Å². The standard InChI is InChI=1S/C13H14ClFN2O/c1-2-17-8-10(7-16-17)13(18)5-9-3-4-11(14)6-12(9)15/h3-4,6-8,13,18H,2,5H2,1H3. The van der Waals surface area contributed by atoms with Crippen molar-refractivity contribution in [2.75, 3.05) is 0 Å². The quantitative estimate of drug-likeness (QED) is 0.926. The van der Waals surface area contributed by atoms with Gasteiger partial charge in [0.1, 0.15) is 5.82 Å². The van der Waals surface area contributed by atoms with Crippen LogP contribution in [-0.2, 0) is 13.0 Å². The molecule has 1 aromatic heterocycles. The van der Waals surface area contributed by atoms with Gasteiger partial charge in [0, 0.05) is 29.7 Å². The first-order valence-corrected chi connectivity index (χ1v) is 6.12. The fourth-order valence-electron chi connectivity index (χ4n) is 1.74. The van der Waals surface area contributed by atoms with Crippen LogP contribution in [0, 0.1) is 5.82 Å². The predicted octanol–water partition coefficient (Wildman–Crippen LogP) is 2.97. The maximum atomic E-state index is 13.6. The number of aryl methyl sites for hydroxylation is 1. The first-order chi connectivity index (χ1) is 8.60. The third-order valence-electron chi connectivity index (χ3n) is 2.79. The van der Waals surface area contributed by atoms with E-state index in [0.717, 1.165) is 6.54 Å². The van der Waals surface area contributed by atoms with Gasteiger partial charge in [-0.25, -0.2) is 4.39 Å². The van der Waals surface area contributed by atoms with Gasteiger partial charge in [-0.05, 0) is 24.6 Å². The topological polar surface area (TPSA) is 38.0 Å². The van der Waals surface area contributed by atoms with Crippen molar-refractivity contribution in [3.8, 4) is 0 Å². The second-order valence-electron chi connectivity index (χ2n) is 4.09. The molecule has 5 heteroatoms. The lowest BCUT2D eigenvalue weighted by Gasteiger charge is -2.09. The minimum Gasteiger partial charge on any atom is -0.388 e. The van der Waals surface area contributed by atoms with Gasteiger partial charge >= 0.3 is 0 Å². The molecule has 0 aliphatic rings. The fraction of sp³-hybridized carbons (Fsp3) is 0.308. The van der Waals surface area contributed by atoms with Gasteiger partial charge in [-0.2, -0.15) is 5.10 Å². The number of aliphatic hydroxyl groups is 1. The highest BCUT2D eigenvalue weighted by atomic mass is 35.5. The molecule has 18 heavy (non-hydrogen) atoms. The minimum absolute atomic E-state index is 0.207. The number of hydrogen-bond acceptors (Lipinski definition) is 2. The van der Waals surface area contributed by atoms with Crippen molar-refractivity contribution in [2.45, 2.75) is 26.0 Å². The number of rotatable bonds is 4. The van der Waals surface area contributed by atoms with Crippen LogP contribution in [0.2, 0.25) is 5.02 Å². The first kappa shape index (κ1) is 13.1. The highest BCUT2D eigenvalue weighted by molar-refractivity contribution is 6.30. The summed E-state index contributed by atoms with van der Waals surface area (Å²) in [6.07, 6.45) is 2.81. The van der Waals surface area contributed by atoms with E-state index in [9.17, 15) is 9.50 Å². The molecule has 0 spiro atoms. The Morgan fingerprint density at radius 1 is 1.50 bits per heavy atom. The van der Waals surface area contributed by atoms with Crippen LogP contribution in [0.15, 0.2) is 30.6 Å². The molecule has 2 rings (SSSR count). The molecular formula is C13H14ClFN2O. The van der Waals surface area contributed by atoms with Crippen LogP contribution in [0.5, 0.6) is 0 Å². The number of aliphatic hydroxyl groups excluding tert-OH is 1. The van der Waals surface area contributed by atoms with Crippen LogP contribution in [-0.4, -0.2) is 14.9 Å². The van der Waals surface area contributed by atoms with E-state index in [1.54, 1.807) is 29.2 Å². The molecule has 0 aliphatic heterocycles. The van der Waals surface area contributed by atoms with Crippen molar-refractivity contribution in [1.82, 2.24) is 9.78 Å². The molecule has 1 aromatic carbocycles. The van der Waals surface area contributed by atoms with Crippen LogP contribution < -0.4 is 0 Å². The van der Waals surface area contributed by atoms with Crippen molar-refractivity contribution >= 4 is 11.6 Å². The largest absolute Gasteiger partial charge is 0.388 e. The number of benzene rings is 1. The van der Waals surface area contributed by atoms with Crippen LogP contribution in [0.1, 0.15) is 24.2 Å². The Morgan fingerprint density at radius 3 is 2.89 bits per heavy atom. The molecule has 0 amide bonds. The van der Waals surface area contributed by atoms with E-state index in [1.807, 2.05) is 6.92 Å². The Labute approximate surface area is 110 Å². The predicted molar refractivity (Wildman–Crippen MR) is 68.0 cm³/mol. The maximum Gasteiger partial charge on any atom is 0.127 e. The second kappa shape index (κ2) is 5.50. The second-order valence-corrected chi connectivity index (χ2v) is 4.52. The Hall–Kier alpha value is -1.39. The van der Waals surface area contributed by atoms with E-state index >= 15 is 0 Å². The van der Waals surface area contributed by atoms with Crippen molar-refractivity contribution in [3.63, 3.8) is 0 Å². The Kier molecular flexibility index (Phi) is 3.99. The summed E-state index contributed by atoms with van der Waals surface area (Å²) in [5.41, 5.74) is 1.13. The summed E-state index contributed by atoms with van der Waals surface area (Å²) in [6.45, 7) is 2.70. The lowest BCUT2D eigenvalue weighted by molar-refractivity contribution is 0.177. The third kappa shape index (κ3) is 2.89. The minimum atomic E-state index is -0.763. The van der Waals surface area contributed by atoms with Gasteiger partial charge in [-0.1, -0.05) is 17.7 Å². The molecule has 1 heterocycles. The lowest BCUT2D eigenvalue weighted by Crippen LogP contribution is -2.03. The molecule has 0 bridgehead atoms. The van der Waals surface area contributed by atoms with E-state index in [4.69, 9.17) is 11.6 Å². The first-order valence-electron chi connectivity index (χ1n) is 5.74. The monoisotopic (exact) mass is 268 g/mol. The fourth-order valence-corrected chi connectivity index (χ4v) is 1.90. The number of nitrogens with zero attached hydrogens (tertiary/aromatic N) is 2. The van der Waals surface area contributed by atoms with Gasteiger partial charge in [-0.15, -0.1) is 0 Å². The summed E-state index contributed by atoms with van der Waals surface area (Å²) < 4.78 is 15.3. The third-order valence-corrected chi connectivity index (χ3v) is 3.03. The Bertz CT molecular complexity index is 542. The molecule has 0 aliphatic carbocycles. The molecule has 0 fully saturated rings. The van der Waals surface area contributed by atoms with Crippen LogP contribution in [0.25, 0.3) is 0 Å². The van der Waals surface area contributed by atoms with E-state index in [1.165, 1.54) is 6.07 Å². The molecule has 1 atom stereocenters. The average molecular weight is 269 g/mol. The number of halogens is 2. The van der Waals surface area contributed by atoms with Crippen molar-refractivity contribution in [1.29, 1.82) is 0 Å². The van der Waals surface area contributed by atoms with Gasteiger partial charge < -0.3 is 5.11 Å². The zero-order valence-electron chi connectivity index (χ0n) is 9.98. The van der Waals surface area contributed by atoms with E-state index in [0.29, 0.717) is 16.1 Å². The summed E-state index contributed by atoms with van der Waals surface area (Å²) in [4.78, 5) is 0. The molecule has 0 radical (unpaired) electrons. The molecule has 0 saturated carbocycles. The molecule has 2 aromatic rings. The van der Waals surface area contributed by atoms with E-state index in [2.05, 4.69) is 5.10 Å². The van der Waals surface area contributed by atoms with Gasteiger partial charge in [0.25, 0.3) is 0 Å². The molecule has 1 unspecified atom stereocenters. The lowest BCUT2D eigenvalue weighted by atomic mass is 10.0. The molecular weight excluding hydrogens is 255 g/mol. The number of hydrogen-bond donors (Lipinski definition) is 1. The summed E-state index contributed by atoms with van der Waals surface area (Å²) in [5.74, 6) is -0.399. The molecule has 1 N–H and O–H groups in total. The summed E-state index contributed by atoms with van der Waals surface area (Å²) in [7, 11) is 0. The normalized spacial score (nSPS) is 12.7. The maximum absolute atomic E-state index is 13.6. The summed E-state index contributed by atoms with van der Waals surface area (Å²) in [6, 6.07) is 4.45. The highest BCUT2D eigenvalue weighted by Crippen LogP contribution is 2.21. The summed E-state index contributed by atoms with van der Waals surface area (Å²) in [5, 5.41) is 14.5. The highest BCUT2D eigenvalue weighted by Gasteiger charge is 2.13. The SMILES string of the molecule is CCn1cc(C(O)Cc2ccc(Cl)cc2F)cn1. The van der Waals surface area contributed by atoms with Crippen molar-refractivity contribution in [2.24, 2.45) is 0 Å². The zero-order chi connectivity index (χ0) is 13.1. The molecule has 3 nitrogen and oxygen atoms in total. The number of aromatic nitrogens is 2. The van der Waals surface area contributed by atoms with Gasteiger partial charge in [0.2, 0.25) is 0 Å². The smallest absolute Gasteiger partial charge is 0.127 e. The van der Waals surface area contributed by atoms with Crippen LogP contribution >= 0.6 is 11.6 Å².